The topological polar surface area (TPSA) is 22.0 Å². The third-order valence-electron chi connectivity index (χ3n) is 1.90. The largest absolute Gasteiger partial charge is 0.343 e. The first-order valence-electron chi connectivity index (χ1n) is 4.26. The monoisotopic (exact) mass is 165 g/mol. The summed E-state index contributed by atoms with van der Waals surface area (Å²) in [6.07, 6.45) is 0.912. The molecule has 0 fully saturated rings. The molecule has 0 N–H and O–H groups in total. The predicted octanol–water partition coefficient (Wildman–Crippen LogP) is 2.27. The van der Waals surface area contributed by atoms with Gasteiger partial charge in [-0.15, -0.1) is 0 Å². The number of aryl methyl sites for hydroxylation is 1. The molecule has 1 aromatic rings. The van der Waals surface area contributed by atoms with Gasteiger partial charge in [-0.3, -0.25) is 4.79 Å². The van der Waals surface area contributed by atoms with E-state index in [-0.39, 0.29) is 0 Å². The van der Waals surface area contributed by atoms with Crippen LogP contribution in [0.25, 0.3) is 0 Å². The highest BCUT2D eigenvalue weighted by Gasteiger charge is 2.04. The highest BCUT2D eigenvalue weighted by molar-refractivity contribution is 5.72. The molecule has 0 atom stereocenters. The zero-order valence-electron chi connectivity index (χ0n) is 7.87. The van der Waals surface area contributed by atoms with E-state index in [2.05, 4.69) is 18.4 Å². The summed E-state index contributed by atoms with van der Waals surface area (Å²) in [6.45, 7) is 7.24. The van der Waals surface area contributed by atoms with Gasteiger partial charge in [0.1, 0.15) is 0 Å². The Morgan fingerprint density at radius 2 is 2.17 bits per heavy atom. The van der Waals surface area contributed by atoms with Crippen molar-refractivity contribution in [3.05, 3.63) is 23.5 Å². The summed E-state index contributed by atoms with van der Waals surface area (Å²) in [4.78, 5) is 10.6. The van der Waals surface area contributed by atoms with Gasteiger partial charge in [0, 0.05) is 12.2 Å². The Morgan fingerprint density at radius 3 is 2.67 bits per heavy atom. The van der Waals surface area contributed by atoms with E-state index in [1.54, 1.807) is 0 Å². The molecule has 0 aromatic carbocycles. The standard InChI is InChI=1S/C10H15NO/c1-8(2)6-11-9(3)4-5-10(11)7-12/h4-5,7-8H,6H2,1-3H3. The van der Waals surface area contributed by atoms with Crippen LogP contribution >= 0.6 is 0 Å². The summed E-state index contributed by atoms with van der Waals surface area (Å²) >= 11 is 0. The van der Waals surface area contributed by atoms with Gasteiger partial charge >= 0.3 is 0 Å². The van der Waals surface area contributed by atoms with E-state index in [1.807, 2.05) is 19.1 Å². The van der Waals surface area contributed by atoms with Crippen molar-refractivity contribution in [1.82, 2.24) is 4.57 Å². The van der Waals surface area contributed by atoms with Crippen molar-refractivity contribution >= 4 is 6.29 Å². The van der Waals surface area contributed by atoms with Crippen LogP contribution in [0.5, 0.6) is 0 Å². The van der Waals surface area contributed by atoms with Crippen LogP contribution in [-0.4, -0.2) is 10.9 Å². The van der Waals surface area contributed by atoms with E-state index in [4.69, 9.17) is 0 Å². The first-order valence-corrected chi connectivity index (χ1v) is 4.26. The number of aromatic nitrogens is 1. The Bertz CT molecular complexity index is 273. The highest BCUT2D eigenvalue weighted by atomic mass is 16.1. The van der Waals surface area contributed by atoms with Crippen LogP contribution in [0.15, 0.2) is 12.1 Å². The van der Waals surface area contributed by atoms with Gasteiger partial charge in [0.25, 0.3) is 0 Å². The second-order valence-corrected chi connectivity index (χ2v) is 3.52. The Labute approximate surface area is 73.2 Å². The minimum atomic E-state index is 0.579. The SMILES string of the molecule is Cc1ccc(C=O)n1CC(C)C. The molecule has 66 valence electrons. The van der Waals surface area contributed by atoms with Crippen LogP contribution in [0.2, 0.25) is 0 Å². The molecule has 2 heteroatoms. The number of aldehydes is 1. The molecule has 0 unspecified atom stereocenters. The van der Waals surface area contributed by atoms with Crippen LogP contribution in [0, 0.1) is 12.8 Å². The van der Waals surface area contributed by atoms with E-state index in [9.17, 15) is 4.79 Å². The molecule has 0 aliphatic rings. The summed E-state index contributed by atoms with van der Waals surface area (Å²) in [5, 5.41) is 0. The molecule has 0 aliphatic carbocycles. The van der Waals surface area contributed by atoms with Crippen LogP contribution in [0.1, 0.15) is 30.0 Å². The van der Waals surface area contributed by atoms with Gasteiger partial charge < -0.3 is 4.57 Å². The van der Waals surface area contributed by atoms with E-state index >= 15 is 0 Å². The maximum absolute atomic E-state index is 10.6. The Morgan fingerprint density at radius 1 is 1.50 bits per heavy atom. The minimum absolute atomic E-state index is 0.579. The lowest BCUT2D eigenvalue weighted by atomic mass is 10.2. The molecule has 12 heavy (non-hydrogen) atoms. The average molecular weight is 165 g/mol. The van der Waals surface area contributed by atoms with Crippen molar-refractivity contribution in [2.45, 2.75) is 27.3 Å². The number of carbonyl (C=O) groups is 1. The molecule has 0 saturated carbocycles. The number of rotatable bonds is 3. The van der Waals surface area contributed by atoms with Crippen LogP contribution < -0.4 is 0 Å². The van der Waals surface area contributed by atoms with E-state index in [0.29, 0.717) is 5.92 Å². The first kappa shape index (κ1) is 9.04. The quantitative estimate of drug-likeness (QED) is 0.630. The maximum atomic E-state index is 10.6. The Kier molecular flexibility index (Phi) is 2.69. The lowest BCUT2D eigenvalue weighted by Gasteiger charge is -2.10. The summed E-state index contributed by atoms with van der Waals surface area (Å²) in [6, 6.07) is 3.84. The summed E-state index contributed by atoms with van der Waals surface area (Å²) < 4.78 is 2.05. The smallest absolute Gasteiger partial charge is 0.166 e. The summed E-state index contributed by atoms with van der Waals surface area (Å²) in [5.74, 6) is 0.579. The van der Waals surface area contributed by atoms with Gasteiger partial charge in [0.2, 0.25) is 0 Å². The fourth-order valence-corrected chi connectivity index (χ4v) is 1.31. The van der Waals surface area contributed by atoms with Gasteiger partial charge in [-0.05, 0) is 25.0 Å². The van der Waals surface area contributed by atoms with Crippen molar-refractivity contribution in [1.29, 1.82) is 0 Å². The van der Waals surface area contributed by atoms with E-state index in [0.717, 1.165) is 24.2 Å². The normalized spacial score (nSPS) is 10.7. The lowest BCUT2D eigenvalue weighted by Crippen LogP contribution is -2.08. The predicted molar refractivity (Wildman–Crippen MR) is 49.4 cm³/mol. The number of hydrogen-bond donors (Lipinski definition) is 0. The molecular weight excluding hydrogens is 150 g/mol. The van der Waals surface area contributed by atoms with Gasteiger partial charge in [-0.1, -0.05) is 13.8 Å². The van der Waals surface area contributed by atoms with Crippen molar-refractivity contribution in [2.75, 3.05) is 0 Å². The van der Waals surface area contributed by atoms with E-state index < -0.39 is 0 Å². The second-order valence-electron chi connectivity index (χ2n) is 3.52. The van der Waals surface area contributed by atoms with Gasteiger partial charge in [0.15, 0.2) is 6.29 Å². The molecule has 1 aromatic heterocycles. The van der Waals surface area contributed by atoms with Crippen LogP contribution in [0.4, 0.5) is 0 Å². The molecule has 0 saturated heterocycles. The summed E-state index contributed by atoms with van der Waals surface area (Å²) in [5.41, 5.74) is 1.94. The van der Waals surface area contributed by atoms with Crippen molar-refractivity contribution in [2.24, 2.45) is 5.92 Å². The lowest BCUT2D eigenvalue weighted by molar-refractivity contribution is 0.111. The van der Waals surface area contributed by atoms with Crippen molar-refractivity contribution in [3.63, 3.8) is 0 Å². The fourth-order valence-electron chi connectivity index (χ4n) is 1.31. The zero-order valence-corrected chi connectivity index (χ0v) is 7.87. The molecule has 2 nitrogen and oxygen atoms in total. The third-order valence-corrected chi connectivity index (χ3v) is 1.90. The number of carbonyl (C=O) groups excluding carboxylic acids is 1. The highest BCUT2D eigenvalue weighted by Crippen LogP contribution is 2.09. The van der Waals surface area contributed by atoms with Crippen molar-refractivity contribution < 1.29 is 4.79 Å². The average Bonchev–Trinajstić information content (AvgIpc) is 2.32. The summed E-state index contributed by atoms with van der Waals surface area (Å²) in [7, 11) is 0. The molecule has 0 spiro atoms. The van der Waals surface area contributed by atoms with Gasteiger partial charge in [0.05, 0.1) is 5.69 Å². The van der Waals surface area contributed by atoms with Gasteiger partial charge in [-0.2, -0.15) is 0 Å². The fraction of sp³-hybridized carbons (Fsp3) is 0.500. The third kappa shape index (κ3) is 1.76. The molecule has 0 amide bonds. The molecular formula is C10H15NO. The molecule has 1 rings (SSSR count). The zero-order chi connectivity index (χ0) is 9.14. The van der Waals surface area contributed by atoms with Gasteiger partial charge in [-0.25, -0.2) is 0 Å². The Balaban J connectivity index is 2.94. The van der Waals surface area contributed by atoms with Crippen LogP contribution in [0.3, 0.4) is 0 Å². The van der Waals surface area contributed by atoms with Crippen LogP contribution in [-0.2, 0) is 6.54 Å². The molecule has 1 heterocycles. The molecule has 0 aliphatic heterocycles. The first-order chi connectivity index (χ1) is 5.65. The van der Waals surface area contributed by atoms with Crippen molar-refractivity contribution in [3.8, 4) is 0 Å². The maximum Gasteiger partial charge on any atom is 0.166 e. The minimum Gasteiger partial charge on any atom is -0.343 e. The number of hydrogen-bond acceptors (Lipinski definition) is 1. The molecule has 0 radical (unpaired) electrons. The van der Waals surface area contributed by atoms with E-state index in [1.165, 1.54) is 0 Å². The number of nitrogens with zero attached hydrogens (tertiary/aromatic N) is 1. The second kappa shape index (κ2) is 3.57. The molecule has 0 bridgehead atoms. The Hall–Kier alpha value is -1.05.